The summed E-state index contributed by atoms with van der Waals surface area (Å²) in [6, 6.07) is 10.7. The molecule has 0 atom stereocenters. The van der Waals surface area contributed by atoms with Crippen LogP contribution in [-0.2, 0) is 5.41 Å². The number of piperidine rings is 1. The van der Waals surface area contributed by atoms with Gasteiger partial charge in [0, 0.05) is 12.4 Å². The van der Waals surface area contributed by atoms with Crippen molar-refractivity contribution < 1.29 is 0 Å². The molecule has 2 N–H and O–H groups in total. The van der Waals surface area contributed by atoms with Crippen molar-refractivity contribution in [2.24, 2.45) is 0 Å². The van der Waals surface area contributed by atoms with Crippen LogP contribution in [-0.4, -0.2) is 23.1 Å². The molecule has 0 unspecified atom stereocenters. The lowest BCUT2D eigenvalue weighted by Gasteiger charge is -2.36. The van der Waals surface area contributed by atoms with Gasteiger partial charge in [-0.2, -0.15) is 0 Å². The van der Waals surface area contributed by atoms with E-state index in [1.807, 2.05) is 12.4 Å². The van der Waals surface area contributed by atoms with Crippen molar-refractivity contribution in [3.8, 4) is 0 Å². The van der Waals surface area contributed by atoms with Crippen molar-refractivity contribution >= 4 is 0 Å². The SMILES string of the molecule is c1ccc(C2(c3ncc[nH]3)CCNCC2)cc1. The van der Waals surface area contributed by atoms with Crippen LogP contribution in [0.4, 0.5) is 0 Å². The molecule has 1 saturated heterocycles. The van der Waals surface area contributed by atoms with Crippen molar-refractivity contribution in [3.63, 3.8) is 0 Å². The van der Waals surface area contributed by atoms with E-state index in [-0.39, 0.29) is 5.41 Å². The summed E-state index contributed by atoms with van der Waals surface area (Å²) in [5.41, 5.74) is 1.44. The molecule has 0 radical (unpaired) electrons. The molecule has 0 saturated carbocycles. The molecule has 2 aromatic rings. The standard InChI is InChI=1S/C14H17N3/c1-2-4-12(5-3-1)14(6-8-15-9-7-14)13-16-10-11-17-13/h1-5,10-11,15H,6-9H2,(H,16,17). The molecule has 0 amide bonds. The highest BCUT2D eigenvalue weighted by atomic mass is 14.9. The van der Waals surface area contributed by atoms with Gasteiger partial charge in [-0.05, 0) is 31.5 Å². The van der Waals surface area contributed by atoms with Crippen LogP contribution in [0.2, 0.25) is 0 Å². The number of H-pyrrole nitrogens is 1. The Kier molecular flexibility index (Phi) is 2.69. The van der Waals surface area contributed by atoms with Gasteiger partial charge < -0.3 is 10.3 Å². The van der Waals surface area contributed by atoms with Gasteiger partial charge in [-0.25, -0.2) is 4.98 Å². The third-order valence-electron chi connectivity index (χ3n) is 3.73. The Morgan fingerprint density at radius 3 is 2.47 bits per heavy atom. The third-order valence-corrected chi connectivity index (χ3v) is 3.73. The van der Waals surface area contributed by atoms with Gasteiger partial charge in [0.2, 0.25) is 0 Å². The number of imidazole rings is 1. The Morgan fingerprint density at radius 1 is 1.06 bits per heavy atom. The Balaban J connectivity index is 2.08. The van der Waals surface area contributed by atoms with E-state index in [9.17, 15) is 0 Å². The van der Waals surface area contributed by atoms with Gasteiger partial charge in [0.25, 0.3) is 0 Å². The molecule has 3 rings (SSSR count). The van der Waals surface area contributed by atoms with Crippen LogP contribution in [0, 0.1) is 0 Å². The molecule has 17 heavy (non-hydrogen) atoms. The summed E-state index contributed by atoms with van der Waals surface area (Å²) in [6.45, 7) is 2.10. The number of nitrogens with zero attached hydrogens (tertiary/aromatic N) is 1. The summed E-state index contributed by atoms with van der Waals surface area (Å²) >= 11 is 0. The van der Waals surface area contributed by atoms with E-state index in [1.165, 1.54) is 5.56 Å². The summed E-state index contributed by atoms with van der Waals surface area (Å²) in [4.78, 5) is 7.81. The number of aromatic nitrogens is 2. The van der Waals surface area contributed by atoms with Gasteiger partial charge in [0.05, 0.1) is 5.41 Å². The zero-order valence-corrected chi connectivity index (χ0v) is 9.82. The molecule has 1 aliphatic rings. The maximum atomic E-state index is 4.51. The fourth-order valence-electron chi connectivity index (χ4n) is 2.80. The molecular formula is C14H17N3. The number of rotatable bonds is 2. The molecule has 0 bridgehead atoms. The molecular weight excluding hydrogens is 210 g/mol. The van der Waals surface area contributed by atoms with E-state index in [0.29, 0.717) is 0 Å². The van der Waals surface area contributed by atoms with Gasteiger partial charge in [0.15, 0.2) is 0 Å². The Labute approximate surface area is 101 Å². The van der Waals surface area contributed by atoms with Crippen LogP contribution in [0.25, 0.3) is 0 Å². The highest BCUT2D eigenvalue weighted by Gasteiger charge is 2.37. The summed E-state index contributed by atoms with van der Waals surface area (Å²) in [5, 5.41) is 3.43. The maximum Gasteiger partial charge on any atom is 0.116 e. The largest absolute Gasteiger partial charge is 0.348 e. The fourth-order valence-corrected chi connectivity index (χ4v) is 2.80. The highest BCUT2D eigenvalue weighted by Crippen LogP contribution is 2.37. The summed E-state index contributed by atoms with van der Waals surface area (Å²) in [7, 11) is 0. The lowest BCUT2D eigenvalue weighted by atomic mass is 9.72. The van der Waals surface area contributed by atoms with Crippen LogP contribution in [0.5, 0.6) is 0 Å². The number of benzene rings is 1. The lowest BCUT2D eigenvalue weighted by molar-refractivity contribution is 0.348. The lowest BCUT2D eigenvalue weighted by Crippen LogP contribution is -2.41. The van der Waals surface area contributed by atoms with Gasteiger partial charge in [-0.1, -0.05) is 30.3 Å². The number of hydrogen-bond donors (Lipinski definition) is 2. The minimum absolute atomic E-state index is 0.0655. The van der Waals surface area contributed by atoms with E-state index in [4.69, 9.17) is 0 Å². The molecule has 1 fully saturated rings. The highest BCUT2D eigenvalue weighted by molar-refractivity contribution is 5.33. The van der Waals surface area contributed by atoms with E-state index in [0.717, 1.165) is 31.8 Å². The molecule has 3 nitrogen and oxygen atoms in total. The Hall–Kier alpha value is -1.61. The zero-order valence-electron chi connectivity index (χ0n) is 9.82. The van der Waals surface area contributed by atoms with Crippen LogP contribution in [0.3, 0.4) is 0 Å². The molecule has 2 heterocycles. The number of hydrogen-bond acceptors (Lipinski definition) is 2. The third kappa shape index (κ3) is 1.76. The normalized spacial score (nSPS) is 19.1. The topological polar surface area (TPSA) is 40.7 Å². The molecule has 3 heteroatoms. The van der Waals surface area contributed by atoms with Gasteiger partial charge in [-0.15, -0.1) is 0 Å². The van der Waals surface area contributed by atoms with Gasteiger partial charge >= 0.3 is 0 Å². The smallest absolute Gasteiger partial charge is 0.116 e. The van der Waals surface area contributed by atoms with E-state index in [2.05, 4.69) is 45.6 Å². The summed E-state index contributed by atoms with van der Waals surface area (Å²) in [5.74, 6) is 1.10. The first-order valence-corrected chi connectivity index (χ1v) is 6.18. The predicted octanol–water partition coefficient (Wildman–Crippen LogP) is 2.08. The quantitative estimate of drug-likeness (QED) is 0.824. The number of nitrogens with one attached hydrogen (secondary N) is 2. The van der Waals surface area contributed by atoms with Crippen LogP contribution < -0.4 is 5.32 Å². The van der Waals surface area contributed by atoms with E-state index < -0.39 is 0 Å². The van der Waals surface area contributed by atoms with Crippen molar-refractivity contribution in [2.75, 3.05) is 13.1 Å². The second-order valence-corrected chi connectivity index (χ2v) is 4.64. The van der Waals surface area contributed by atoms with Crippen molar-refractivity contribution in [3.05, 3.63) is 54.1 Å². The average molecular weight is 227 g/mol. The van der Waals surface area contributed by atoms with Gasteiger partial charge in [0.1, 0.15) is 5.82 Å². The molecule has 1 aromatic carbocycles. The molecule has 88 valence electrons. The number of aromatic amines is 1. The Morgan fingerprint density at radius 2 is 1.82 bits per heavy atom. The molecule has 1 aromatic heterocycles. The molecule has 0 aliphatic carbocycles. The molecule has 0 spiro atoms. The fraction of sp³-hybridized carbons (Fsp3) is 0.357. The Bertz CT molecular complexity index is 455. The first kappa shape index (κ1) is 10.5. The first-order valence-electron chi connectivity index (χ1n) is 6.18. The monoisotopic (exact) mass is 227 g/mol. The minimum Gasteiger partial charge on any atom is -0.348 e. The first-order chi connectivity index (χ1) is 8.42. The van der Waals surface area contributed by atoms with Crippen molar-refractivity contribution in [1.82, 2.24) is 15.3 Å². The van der Waals surface area contributed by atoms with Gasteiger partial charge in [-0.3, -0.25) is 0 Å². The predicted molar refractivity (Wildman–Crippen MR) is 67.9 cm³/mol. The second kappa shape index (κ2) is 4.34. The van der Waals surface area contributed by atoms with E-state index >= 15 is 0 Å². The summed E-state index contributed by atoms with van der Waals surface area (Å²) in [6.07, 6.45) is 5.97. The minimum atomic E-state index is 0.0655. The zero-order chi connectivity index (χ0) is 11.6. The van der Waals surface area contributed by atoms with Crippen molar-refractivity contribution in [2.45, 2.75) is 18.3 Å². The second-order valence-electron chi connectivity index (χ2n) is 4.64. The molecule has 1 aliphatic heterocycles. The van der Waals surface area contributed by atoms with Crippen molar-refractivity contribution in [1.29, 1.82) is 0 Å². The van der Waals surface area contributed by atoms with Crippen LogP contribution >= 0.6 is 0 Å². The summed E-state index contributed by atoms with van der Waals surface area (Å²) < 4.78 is 0. The average Bonchev–Trinajstić information content (AvgIpc) is 2.95. The van der Waals surface area contributed by atoms with E-state index in [1.54, 1.807) is 0 Å². The van der Waals surface area contributed by atoms with Crippen LogP contribution in [0.15, 0.2) is 42.7 Å². The van der Waals surface area contributed by atoms with Crippen LogP contribution in [0.1, 0.15) is 24.2 Å². The maximum absolute atomic E-state index is 4.51.